The molecule has 0 bridgehead atoms. The van der Waals surface area contributed by atoms with Crippen molar-refractivity contribution in [2.75, 3.05) is 18.5 Å². The van der Waals surface area contributed by atoms with Crippen molar-refractivity contribution in [1.29, 1.82) is 0 Å². The molecule has 0 saturated heterocycles. The van der Waals surface area contributed by atoms with Crippen LogP contribution in [0.25, 0.3) is 0 Å². The number of hydrogen-bond acceptors (Lipinski definition) is 4. The van der Waals surface area contributed by atoms with Gasteiger partial charge in [-0.3, -0.25) is 4.79 Å². The summed E-state index contributed by atoms with van der Waals surface area (Å²) in [4.78, 5) is 23.2. The molecule has 2 rings (SSSR count). The van der Waals surface area contributed by atoms with Gasteiger partial charge in [-0.25, -0.2) is 4.79 Å². The molecule has 0 spiro atoms. The molecule has 0 unspecified atom stereocenters. The minimum atomic E-state index is -0.626. The first-order chi connectivity index (χ1) is 11.0. The smallest absolute Gasteiger partial charge is 0.344 e. The minimum Gasteiger partial charge on any atom is -0.482 e. The van der Waals surface area contributed by atoms with E-state index < -0.39 is 11.9 Å². The average Bonchev–Trinajstić information content (AvgIpc) is 2.52. The van der Waals surface area contributed by atoms with Gasteiger partial charge in [0.25, 0.3) is 5.91 Å². The lowest BCUT2D eigenvalue weighted by atomic mass is 10.2. The van der Waals surface area contributed by atoms with Crippen LogP contribution >= 0.6 is 11.6 Å². The zero-order valence-electron chi connectivity index (χ0n) is 12.5. The Morgan fingerprint density at radius 3 is 2.52 bits per heavy atom. The van der Waals surface area contributed by atoms with Crippen LogP contribution in [0.5, 0.6) is 5.75 Å². The highest BCUT2D eigenvalue weighted by Gasteiger charge is 2.09. The molecule has 0 atom stereocenters. The summed E-state index contributed by atoms with van der Waals surface area (Å²) in [5.74, 6) is -0.537. The SMILES string of the molecule is Cc1cccc(NC(=O)COC(=O)COc2ccc(Cl)cc2)c1. The van der Waals surface area contributed by atoms with Gasteiger partial charge in [0.2, 0.25) is 0 Å². The van der Waals surface area contributed by atoms with E-state index in [1.54, 1.807) is 30.3 Å². The zero-order chi connectivity index (χ0) is 16.7. The number of nitrogens with one attached hydrogen (secondary N) is 1. The van der Waals surface area contributed by atoms with Crippen LogP contribution in [0.1, 0.15) is 5.56 Å². The van der Waals surface area contributed by atoms with Crippen molar-refractivity contribution < 1.29 is 19.1 Å². The summed E-state index contributed by atoms with van der Waals surface area (Å²) in [7, 11) is 0. The number of benzene rings is 2. The molecule has 6 heteroatoms. The number of aryl methyl sites for hydroxylation is 1. The number of rotatable bonds is 6. The van der Waals surface area contributed by atoms with Gasteiger partial charge in [0, 0.05) is 10.7 Å². The number of carbonyl (C=O) groups is 2. The van der Waals surface area contributed by atoms with Gasteiger partial charge in [-0.05, 0) is 48.9 Å². The van der Waals surface area contributed by atoms with Gasteiger partial charge in [0.1, 0.15) is 5.75 Å². The Morgan fingerprint density at radius 2 is 1.83 bits per heavy atom. The monoisotopic (exact) mass is 333 g/mol. The van der Waals surface area contributed by atoms with Crippen molar-refractivity contribution in [3.8, 4) is 5.75 Å². The lowest BCUT2D eigenvalue weighted by Gasteiger charge is -2.08. The summed E-state index contributed by atoms with van der Waals surface area (Å²) in [5, 5.41) is 3.22. The normalized spacial score (nSPS) is 10.0. The Morgan fingerprint density at radius 1 is 1.09 bits per heavy atom. The van der Waals surface area contributed by atoms with Crippen LogP contribution in [0.2, 0.25) is 5.02 Å². The molecule has 0 aliphatic carbocycles. The van der Waals surface area contributed by atoms with E-state index in [1.165, 1.54) is 0 Å². The molecule has 1 N–H and O–H groups in total. The third kappa shape index (κ3) is 6.00. The van der Waals surface area contributed by atoms with E-state index in [2.05, 4.69) is 5.32 Å². The minimum absolute atomic E-state index is 0.278. The lowest BCUT2D eigenvalue weighted by molar-refractivity contribution is -0.149. The first-order valence-corrected chi connectivity index (χ1v) is 7.31. The van der Waals surface area contributed by atoms with E-state index in [4.69, 9.17) is 21.1 Å². The third-order valence-electron chi connectivity index (χ3n) is 2.84. The van der Waals surface area contributed by atoms with Crippen molar-refractivity contribution in [1.82, 2.24) is 0 Å². The molecule has 0 aliphatic rings. The van der Waals surface area contributed by atoms with Crippen molar-refractivity contribution in [3.05, 3.63) is 59.1 Å². The van der Waals surface area contributed by atoms with Crippen LogP contribution in [0.4, 0.5) is 5.69 Å². The lowest BCUT2D eigenvalue weighted by Crippen LogP contribution is -2.23. The predicted octanol–water partition coefficient (Wildman–Crippen LogP) is 3.21. The quantitative estimate of drug-likeness (QED) is 0.824. The van der Waals surface area contributed by atoms with Crippen LogP contribution in [0.3, 0.4) is 0 Å². The highest BCUT2D eigenvalue weighted by atomic mass is 35.5. The van der Waals surface area contributed by atoms with Gasteiger partial charge in [-0.15, -0.1) is 0 Å². The maximum absolute atomic E-state index is 11.7. The van der Waals surface area contributed by atoms with Crippen molar-refractivity contribution in [2.24, 2.45) is 0 Å². The van der Waals surface area contributed by atoms with Crippen molar-refractivity contribution in [2.45, 2.75) is 6.92 Å². The van der Waals surface area contributed by atoms with Crippen LogP contribution < -0.4 is 10.1 Å². The number of amides is 1. The number of hydrogen-bond donors (Lipinski definition) is 1. The van der Waals surface area contributed by atoms with Crippen LogP contribution in [-0.2, 0) is 14.3 Å². The molecule has 0 aromatic heterocycles. The van der Waals surface area contributed by atoms with Crippen LogP contribution in [0, 0.1) is 6.92 Å². The van der Waals surface area contributed by atoms with Crippen LogP contribution in [-0.4, -0.2) is 25.1 Å². The largest absolute Gasteiger partial charge is 0.482 e. The molecule has 0 heterocycles. The topological polar surface area (TPSA) is 64.6 Å². The second-order valence-electron chi connectivity index (χ2n) is 4.82. The first kappa shape index (κ1) is 16.8. The number of ether oxygens (including phenoxy) is 2. The van der Waals surface area contributed by atoms with Gasteiger partial charge >= 0.3 is 5.97 Å². The highest BCUT2D eigenvalue weighted by molar-refractivity contribution is 6.30. The fourth-order valence-corrected chi connectivity index (χ4v) is 1.91. The molecular weight excluding hydrogens is 318 g/mol. The molecule has 0 aliphatic heterocycles. The molecule has 0 fully saturated rings. The summed E-state index contributed by atoms with van der Waals surface area (Å²) in [6.07, 6.45) is 0. The van der Waals surface area contributed by atoms with Gasteiger partial charge in [0.05, 0.1) is 0 Å². The van der Waals surface area contributed by atoms with Gasteiger partial charge in [-0.2, -0.15) is 0 Å². The Labute approximate surface area is 139 Å². The fraction of sp³-hybridized carbons (Fsp3) is 0.176. The van der Waals surface area contributed by atoms with E-state index in [-0.39, 0.29) is 13.2 Å². The zero-order valence-corrected chi connectivity index (χ0v) is 13.3. The Kier molecular flexibility index (Phi) is 6.00. The molecule has 120 valence electrons. The third-order valence-corrected chi connectivity index (χ3v) is 3.09. The summed E-state index contributed by atoms with van der Waals surface area (Å²) < 4.78 is 10.1. The number of anilines is 1. The Balaban J connectivity index is 1.71. The summed E-state index contributed by atoms with van der Waals surface area (Å²) in [6, 6.07) is 13.9. The van der Waals surface area contributed by atoms with E-state index in [0.717, 1.165) is 5.56 Å². The van der Waals surface area contributed by atoms with Gasteiger partial charge in [0.15, 0.2) is 13.2 Å². The molecule has 5 nitrogen and oxygen atoms in total. The predicted molar refractivity (Wildman–Crippen MR) is 87.7 cm³/mol. The fourth-order valence-electron chi connectivity index (χ4n) is 1.78. The summed E-state index contributed by atoms with van der Waals surface area (Å²) >= 11 is 5.74. The van der Waals surface area contributed by atoms with Crippen LogP contribution in [0.15, 0.2) is 48.5 Å². The second-order valence-corrected chi connectivity index (χ2v) is 5.26. The number of esters is 1. The van der Waals surface area contributed by atoms with E-state index in [9.17, 15) is 9.59 Å². The number of halogens is 1. The van der Waals surface area contributed by atoms with Gasteiger partial charge in [-0.1, -0.05) is 23.7 Å². The van der Waals surface area contributed by atoms with E-state index >= 15 is 0 Å². The first-order valence-electron chi connectivity index (χ1n) is 6.93. The van der Waals surface area contributed by atoms with Crippen molar-refractivity contribution >= 4 is 29.2 Å². The van der Waals surface area contributed by atoms with Gasteiger partial charge < -0.3 is 14.8 Å². The molecule has 23 heavy (non-hydrogen) atoms. The number of carbonyl (C=O) groups excluding carboxylic acids is 2. The standard InChI is InChI=1S/C17H16ClNO4/c1-12-3-2-4-14(9-12)19-16(20)10-23-17(21)11-22-15-7-5-13(18)6-8-15/h2-9H,10-11H2,1H3,(H,19,20). The Bertz CT molecular complexity index is 685. The average molecular weight is 334 g/mol. The maximum atomic E-state index is 11.7. The highest BCUT2D eigenvalue weighted by Crippen LogP contribution is 2.15. The molecule has 0 saturated carbocycles. The molecule has 1 amide bonds. The van der Waals surface area contributed by atoms with E-state index in [1.807, 2.05) is 25.1 Å². The van der Waals surface area contributed by atoms with E-state index in [0.29, 0.717) is 16.5 Å². The molecule has 0 radical (unpaired) electrons. The summed E-state index contributed by atoms with van der Waals surface area (Å²) in [6.45, 7) is 1.28. The Hall–Kier alpha value is -2.53. The molecule has 2 aromatic carbocycles. The second kappa shape index (κ2) is 8.19. The van der Waals surface area contributed by atoms with Crippen molar-refractivity contribution in [3.63, 3.8) is 0 Å². The molecular formula is C17H16ClNO4. The molecule has 2 aromatic rings. The maximum Gasteiger partial charge on any atom is 0.344 e. The summed E-state index contributed by atoms with van der Waals surface area (Å²) in [5.41, 5.74) is 1.68.